The SMILES string of the molecule is CC(C)Oc1cc2c(OCC[C@H]3NC(=O)[C@@H]4CN(C)C[C@H]34)nccc2cc1C(N)=O. The highest BCUT2D eigenvalue weighted by atomic mass is 16.5. The summed E-state index contributed by atoms with van der Waals surface area (Å²) in [5, 5.41) is 4.67. The van der Waals surface area contributed by atoms with Gasteiger partial charge in [-0.1, -0.05) is 0 Å². The topological polar surface area (TPSA) is 107 Å². The Labute approximate surface area is 175 Å². The molecule has 0 spiro atoms. The van der Waals surface area contributed by atoms with Crippen molar-refractivity contribution in [2.24, 2.45) is 17.6 Å². The zero-order chi connectivity index (χ0) is 21.4. The van der Waals surface area contributed by atoms with E-state index in [0.717, 1.165) is 23.9 Å². The number of benzene rings is 1. The van der Waals surface area contributed by atoms with Crippen LogP contribution in [0.15, 0.2) is 24.4 Å². The Morgan fingerprint density at radius 1 is 1.37 bits per heavy atom. The second-order valence-corrected chi connectivity index (χ2v) is 8.46. The molecule has 8 nitrogen and oxygen atoms in total. The third-order valence-corrected chi connectivity index (χ3v) is 5.85. The van der Waals surface area contributed by atoms with Crippen molar-refractivity contribution in [2.45, 2.75) is 32.4 Å². The van der Waals surface area contributed by atoms with E-state index in [1.165, 1.54) is 0 Å². The third kappa shape index (κ3) is 3.92. The van der Waals surface area contributed by atoms with Crippen LogP contribution in [-0.2, 0) is 4.79 Å². The van der Waals surface area contributed by atoms with Crippen LogP contribution >= 0.6 is 0 Å². The first-order valence-corrected chi connectivity index (χ1v) is 10.3. The van der Waals surface area contributed by atoms with Crippen LogP contribution in [0.2, 0.25) is 0 Å². The van der Waals surface area contributed by atoms with Gasteiger partial charge in [-0.15, -0.1) is 0 Å². The molecule has 3 heterocycles. The van der Waals surface area contributed by atoms with Gasteiger partial charge in [-0.3, -0.25) is 9.59 Å². The summed E-state index contributed by atoms with van der Waals surface area (Å²) < 4.78 is 11.8. The van der Waals surface area contributed by atoms with Gasteiger partial charge in [0.05, 0.1) is 24.2 Å². The Balaban J connectivity index is 1.51. The average molecular weight is 412 g/mol. The lowest BCUT2D eigenvalue weighted by Crippen LogP contribution is -2.34. The Kier molecular flexibility index (Phi) is 5.51. The van der Waals surface area contributed by atoms with Gasteiger partial charge in [0.1, 0.15) is 5.75 Å². The summed E-state index contributed by atoms with van der Waals surface area (Å²) in [5.74, 6) is 0.908. The number of carbonyl (C=O) groups excluding carboxylic acids is 2. The highest BCUT2D eigenvalue weighted by Gasteiger charge is 2.46. The summed E-state index contributed by atoms with van der Waals surface area (Å²) in [7, 11) is 2.05. The minimum Gasteiger partial charge on any atom is -0.490 e. The molecule has 2 amide bonds. The van der Waals surface area contributed by atoms with Crippen LogP contribution in [0.3, 0.4) is 0 Å². The number of carbonyl (C=O) groups is 2. The van der Waals surface area contributed by atoms with Crippen LogP contribution in [0.5, 0.6) is 11.6 Å². The van der Waals surface area contributed by atoms with Crippen LogP contribution in [0.1, 0.15) is 30.6 Å². The number of amides is 2. The minimum absolute atomic E-state index is 0.0821. The number of hydrogen-bond donors (Lipinski definition) is 2. The third-order valence-electron chi connectivity index (χ3n) is 5.85. The van der Waals surface area contributed by atoms with Crippen molar-refractivity contribution in [1.29, 1.82) is 0 Å². The molecular weight excluding hydrogens is 384 g/mol. The summed E-state index contributed by atoms with van der Waals surface area (Å²) in [5.41, 5.74) is 5.86. The van der Waals surface area contributed by atoms with E-state index in [2.05, 4.69) is 22.2 Å². The van der Waals surface area contributed by atoms with Gasteiger partial charge in [-0.25, -0.2) is 4.98 Å². The standard InChI is InChI=1S/C22H28N4O4/c1-12(2)30-19-9-14-13(8-15(19)20(23)27)4-6-24-22(14)29-7-5-18-16-10-26(3)11-17(16)21(28)25-18/h4,6,8-9,12,16-18H,5,7,10-11H2,1-3H3,(H2,23,27)(H,25,28)/t16-,17+,18+/m0/s1. The largest absolute Gasteiger partial charge is 0.490 e. The van der Waals surface area contributed by atoms with Gasteiger partial charge in [0.25, 0.3) is 5.91 Å². The average Bonchev–Trinajstić information content (AvgIpc) is 3.20. The lowest BCUT2D eigenvalue weighted by molar-refractivity contribution is -0.122. The smallest absolute Gasteiger partial charge is 0.252 e. The number of ether oxygens (including phenoxy) is 2. The van der Waals surface area contributed by atoms with Gasteiger partial charge in [0.15, 0.2) is 0 Å². The molecule has 0 aliphatic carbocycles. The van der Waals surface area contributed by atoms with Crippen molar-refractivity contribution in [2.75, 3.05) is 26.7 Å². The van der Waals surface area contributed by atoms with Crippen molar-refractivity contribution >= 4 is 22.6 Å². The van der Waals surface area contributed by atoms with Crippen molar-refractivity contribution in [3.8, 4) is 11.6 Å². The molecule has 1 aromatic heterocycles. The van der Waals surface area contributed by atoms with Crippen LogP contribution < -0.4 is 20.5 Å². The number of nitrogens with zero attached hydrogens (tertiary/aromatic N) is 2. The summed E-state index contributed by atoms with van der Waals surface area (Å²) >= 11 is 0. The van der Waals surface area contributed by atoms with Gasteiger partial charge < -0.3 is 25.4 Å². The van der Waals surface area contributed by atoms with E-state index in [-0.39, 0.29) is 24.0 Å². The number of rotatable bonds is 7. The van der Waals surface area contributed by atoms with Gasteiger partial charge in [0, 0.05) is 43.1 Å². The highest BCUT2D eigenvalue weighted by Crippen LogP contribution is 2.34. The second-order valence-electron chi connectivity index (χ2n) is 8.46. The normalized spacial score (nSPS) is 23.6. The fraction of sp³-hybridized carbons (Fsp3) is 0.500. The number of fused-ring (bicyclic) bond motifs is 2. The number of likely N-dealkylation sites (tertiary alicyclic amines) is 1. The number of primary amides is 1. The number of hydrogen-bond acceptors (Lipinski definition) is 6. The molecule has 3 N–H and O–H groups in total. The molecule has 2 saturated heterocycles. The Morgan fingerprint density at radius 3 is 2.90 bits per heavy atom. The van der Waals surface area contributed by atoms with E-state index in [1.54, 1.807) is 18.3 Å². The second kappa shape index (κ2) is 8.10. The molecule has 0 bridgehead atoms. The number of aromatic nitrogens is 1. The van der Waals surface area contributed by atoms with Gasteiger partial charge in [-0.2, -0.15) is 0 Å². The fourth-order valence-electron chi connectivity index (χ4n) is 4.52. The molecule has 3 atom stereocenters. The van der Waals surface area contributed by atoms with E-state index in [1.807, 2.05) is 19.9 Å². The maximum absolute atomic E-state index is 12.2. The molecule has 2 aliphatic heterocycles. The van der Waals surface area contributed by atoms with Crippen molar-refractivity contribution in [1.82, 2.24) is 15.2 Å². The Bertz CT molecular complexity index is 977. The van der Waals surface area contributed by atoms with Crippen LogP contribution in [0.25, 0.3) is 10.8 Å². The number of nitrogens with one attached hydrogen (secondary N) is 1. The van der Waals surface area contributed by atoms with E-state index in [0.29, 0.717) is 36.1 Å². The zero-order valence-corrected chi connectivity index (χ0v) is 17.6. The molecule has 30 heavy (non-hydrogen) atoms. The first-order valence-electron chi connectivity index (χ1n) is 10.3. The van der Waals surface area contributed by atoms with E-state index in [4.69, 9.17) is 15.2 Å². The maximum atomic E-state index is 12.2. The summed E-state index contributed by atoms with van der Waals surface area (Å²) in [6.45, 7) is 5.95. The zero-order valence-electron chi connectivity index (χ0n) is 17.6. The lowest BCUT2D eigenvalue weighted by atomic mass is 9.92. The number of nitrogens with two attached hydrogens (primary N) is 1. The van der Waals surface area contributed by atoms with E-state index < -0.39 is 5.91 Å². The first kappa shape index (κ1) is 20.4. The molecule has 4 rings (SSSR count). The van der Waals surface area contributed by atoms with Crippen molar-refractivity contribution in [3.63, 3.8) is 0 Å². The van der Waals surface area contributed by atoms with Crippen molar-refractivity contribution < 1.29 is 19.1 Å². The summed E-state index contributed by atoms with van der Waals surface area (Å²) in [6, 6.07) is 5.39. The van der Waals surface area contributed by atoms with Crippen LogP contribution in [0, 0.1) is 11.8 Å². The molecule has 2 aromatic rings. The monoisotopic (exact) mass is 412 g/mol. The predicted octanol–water partition coefficient (Wildman–Crippen LogP) is 1.57. The number of pyridine rings is 1. The molecular formula is C22H28N4O4. The van der Waals surface area contributed by atoms with Gasteiger partial charge in [0.2, 0.25) is 11.8 Å². The Hall–Kier alpha value is -2.87. The first-order chi connectivity index (χ1) is 14.3. The van der Waals surface area contributed by atoms with E-state index in [9.17, 15) is 9.59 Å². The summed E-state index contributed by atoms with van der Waals surface area (Å²) in [4.78, 5) is 30.6. The van der Waals surface area contributed by atoms with Gasteiger partial charge >= 0.3 is 0 Å². The van der Waals surface area contributed by atoms with Crippen LogP contribution in [0.4, 0.5) is 0 Å². The van der Waals surface area contributed by atoms with E-state index >= 15 is 0 Å². The fourth-order valence-corrected chi connectivity index (χ4v) is 4.52. The molecule has 2 fully saturated rings. The molecule has 0 radical (unpaired) electrons. The Morgan fingerprint density at radius 2 is 2.17 bits per heavy atom. The van der Waals surface area contributed by atoms with Crippen molar-refractivity contribution in [3.05, 3.63) is 30.0 Å². The molecule has 2 aliphatic rings. The molecule has 160 valence electrons. The quantitative estimate of drug-likeness (QED) is 0.715. The molecule has 0 unspecified atom stereocenters. The minimum atomic E-state index is -0.542. The molecule has 1 aromatic carbocycles. The predicted molar refractivity (Wildman–Crippen MR) is 113 cm³/mol. The summed E-state index contributed by atoms with van der Waals surface area (Å²) in [6.07, 6.45) is 2.25. The van der Waals surface area contributed by atoms with Crippen LogP contribution in [-0.4, -0.2) is 60.6 Å². The maximum Gasteiger partial charge on any atom is 0.252 e. The van der Waals surface area contributed by atoms with Gasteiger partial charge in [-0.05, 0) is 44.5 Å². The molecule has 0 saturated carbocycles. The molecule has 8 heteroatoms. The lowest BCUT2D eigenvalue weighted by Gasteiger charge is -2.19. The highest BCUT2D eigenvalue weighted by molar-refractivity contribution is 6.01.